The summed E-state index contributed by atoms with van der Waals surface area (Å²) in [4.78, 5) is 61.3. The number of imide groups is 1. The molecule has 0 spiro atoms. The molecule has 1 aliphatic carbocycles. The number of nitrogens with one attached hydrogen (secondary N) is 2. The Morgan fingerprint density at radius 1 is 0.900 bits per heavy atom. The fourth-order valence-corrected chi connectivity index (χ4v) is 9.36. The van der Waals surface area contributed by atoms with Gasteiger partial charge in [0.05, 0.1) is 12.1 Å². The predicted molar refractivity (Wildman–Crippen MR) is 233 cm³/mol. The van der Waals surface area contributed by atoms with Gasteiger partial charge in [-0.2, -0.15) is 10.1 Å². The van der Waals surface area contributed by atoms with Gasteiger partial charge in [0.25, 0.3) is 5.56 Å². The van der Waals surface area contributed by atoms with Gasteiger partial charge < -0.3 is 15.1 Å². The van der Waals surface area contributed by atoms with E-state index < -0.39 is 6.03 Å². The Hall–Kier alpha value is -6.55. The predicted octanol–water partition coefficient (Wildman–Crippen LogP) is 5.08. The van der Waals surface area contributed by atoms with Gasteiger partial charge in [0.1, 0.15) is 5.39 Å². The lowest BCUT2D eigenvalue weighted by atomic mass is 10.00. The first-order chi connectivity index (χ1) is 29.3. The van der Waals surface area contributed by atoms with Gasteiger partial charge in [-0.15, -0.1) is 6.58 Å². The molecule has 4 aliphatic rings. The molecule has 6 aromatic rings. The number of rotatable bonds is 11. The highest BCUT2D eigenvalue weighted by molar-refractivity contribution is 6.09. The highest BCUT2D eigenvalue weighted by Crippen LogP contribution is 2.36. The number of pyridine rings is 1. The summed E-state index contributed by atoms with van der Waals surface area (Å²) in [5.74, 6) is 1.82. The lowest BCUT2D eigenvalue weighted by molar-refractivity contribution is -0.120. The molecule has 2 unspecified atom stereocenters. The summed E-state index contributed by atoms with van der Waals surface area (Å²) >= 11 is 0. The number of anilines is 5. The van der Waals surface area contributed by atoms with Crippen LogP contribution in [0.3, 0.4) is 0 Å². The van der Waals surface area contributed by atoms with Crippen molar-refractivity contribution in [2.75, 3.05) is 65.8 Å². The molecule has 308 valence electrons. The minimum Gasteiger partial charge on any atom is -0.369 e. The quantitative estimate of drug-likeness (QED) is 0.169. The van der Waals surface area contributed by atoms with Crippen molar-refractivity contribution in [3.63, 3.8) is 0 Å². The molecule has 2 N–H and O–H groups in total. The smallest absolute Gasteiger partial charge is 0.329 e. The van der Waals surface area contributed by atoms with Crippen molar-refractivity contribution < 1.29 is 9.59 Å². The van der Waals surface area contributed by atoms with Gasteiger partial charge in [-0.25, -0.2) is 24.1 Å². The zero-order valence-corrected chi connectivity index (χ0v) is 34.0. The Balaban J connectivity index is 0.779. The second-order valence-electron chi connectivity index (χ2n) is 16.3. The molecule has 3 fully saturated rings. The van der Waals surface area contributed by atoms with Crippen molar-refractivity contribution in [2.45, 2.75) is 57.5 Å². The Morgan fingerprint density at radius 3 is 2.47 bits per heavy atom. The SMILES string of the molecule is C=CCn1c(=O)c2cnc(Nc3ccc(N4CCN(CC5CCN5c5ccc6c(N7CCC(=O)NC7=O)nn(C)c6c5)CC4)cc3)nc2n1-c1ccc2c(n1)C(CC)CC2. The van der Waals surface area contributed by atoms with E-state index >= 15 is 0 Å². The normalized spacial score (nSPS) is 19.5. The molecule has 10 rings (SSSR count). The van der Waals surface area contributed by atoms with E-state index in [0.717, 1.165) is 92.9 Å². The fourth-order valence-electron chi connectivity index (χ4n) is 9.36. The summed E-state index contributed by atoms with van der Waals surface area (Å²) < 4.78 is 5.26. The van der Waals surface area contributed by atoms with Gasteiger partial charge in [0.2, 0.25) is 11.9 Å². The van der Waals surface area contributed by atoms with Crippen LogP contribution in [0.5, 0.6) is 0 Å². The minimum atomic E-state index is -0.425. The lowest BCUT2D eigenvalue weighted by Gasteiger charge is -2.46. The molecule has 0 radical (unpaired) electrons. The Labute approximate surface area is 347 Å². The van der Waals surface area contributed by atoms with Gasteiger partial charge in [-0.05, 0) is 79.8 Å². The molecule has 3 amide bonds. The molecule has 7 heterocycles. The second kappa shape index (κ2) is 15.2. The van der Waals surface area contributed by atoms with Gasteiger partial charge in [-0.3, -0.25) is 29.4 Å². The molecule has 60 heavy (non-hydrogen) atoms. The van der Waals surface area contributed by atoms with E-state index in [2.05, 4.69) is 91.4 Å². The monoisotopic (exact) mass is 807 g/mol. The number of fused-ring (bicyclic) bond motifs is 3. The number of urea groups is 1. The van der Waals surface area contributed by atoms with Crippen molar-refractivity contribution in [1.29, 1.82) is 0 Å². The summed E-state index contributed by atoms with van der Waals surface area (Å²) in [5.41, 5.74) is 6.87. The number of hydrogen-bond acceptors (Lipinski definition) is 11. The first kappa shape index (κ1) is 37.7. The van der Waals surface area contributed by atoms with Gasteiger partial charge >= 0.3 is 6.03 Å². The molecule has 16 nitrogen and oxygen atoms in total. The summed E-state index contributed by atoms with van der Waals surface area (Å²) in [6.45, 7) is 12.6. The number of benzene rings is 2. The molecular weight excluding hydrogens is 759 g/mol. The number of aromatic nitrogens is 7. The van der Waals surface area contributed by atoms with Crippen LogP contribution in [0.1, 0.15) is 49.8 Å². The number of piperazine rings is 1. The molecule has 4 aromatic heterocycles. The van der Waals surface area contributed by atoms with Crippen LogP contribution in [0.25, 0.3) is 27.8 Å². The number of carbonyl (C=O) groups is 2. The van der Waals surface area contributed by atoms with Crippen LogP contribution >= 0.6 is 0 Å². The zero-order chi connectivity index (χ0) is 41.1. The van der Waals surface area contributed by atoms with Crippen molar-refractivity contribution >= 4 is 62.7 Å². The molecule has 3 saturated heterocycles. The van der Waals surface area contributed by atoms with E-state index in [1.807, 2.05) is 28.5 Å². The lowest BCUT2D eigenvalue weighted by Crippen LogP contribution is -2.57. The van der Waals surface area contributed by atoms with E-state index in [4.69, 9.17) is 9.97 Å². The molecule has 16 heteroatoms. The molecule has 0 saturated carbocycles. The maximum atomic E-state index is 13.5. The Kier molecular flexibility index (Phi) is 9.58. The first-order valence-corrected chi connectivity index (χ1v) is 21.0. The highest BCUT2D eigenvalue weighted by Gasteiger charge is 2.33. The third kappa shape index (κ3) is 6.64. The third-order valence-corrected chi connectivity index (χ3v) is 12.8. The Bertz CT molecular complexity index is 2710. The van der Waals surface area contributed by atoms with Crippen LogP contribution in [0, 0.1) is 0 Å². The van der Waals surface area contributed by atoms with Crippen LogP contribution in [0.2, 0.25) is 0 Å². The number of amides is 3. The van der Waals surface area contributed by atoms with E-state index in [1.165, 1.54) is 11.3 Å². The molecule has 2 atom stereocenters. The van der Waals surface area contributed by atoms with Crippen LogP contribution in [-0.4, -0.2) is 103 Å². The number of aryl methyl sites for hydroxylation is 2. The summed E-state index contributed by atoms with van der Waals surface area (Å²) in [6.07, 6.45) is 7.88. The molecule has 3 aliphatic heterocycles. The van der Waals surface area contributed by atoms with Crippen LogP contribution in [-0.2, 0) is 24.8 Å². The first-order valence-electron chi connectivity index (χ1n) is 21.0. The second-order valence-corrected chi connectivity index (χ2v) is 16.3. The molecule has 2 aromatic carbocycles. The molecule has 0 bridgehead atoms. The number of allylic oxidation sites excluding steroid dienone is 1. The summed E-state index contributed by atoms with van der Waals surface area (Å²) in [6, 6.07) is 18.8. The summed E-state index contributed by atoms with van der Waals surface area (Å²) in [5, 5.41) is 11.8. The van der Waals surface area contributed by atoms with E-state index in [-0.39, 0.29) is 17.9 Å². The number of hydrogen-bond donors (Lipinski definition) is 2. The van der Waals surface area contributed by atoms with E-state index in [1.54, 1.807) is 21.9 Å². The fraction of sp³-hybridized carbons (Fsp3) is 0.386. The summed E-state index contributed by atoms with van der Waals surface area (Å²) in [7, 11) is 1.90. The van der Waals surface area contributed by atoms with E-state index in [0.29, 0.717) is 53.7 Å². The Morgan fingerprint density at radius 2 is 1.72 bits per heavy atom. The van der Waals surface area contributed by atoms with Crippen molar-refractivity contribution in [3.05, 3.63) is 95.1 Å². The number of nitrogens with zero attached hydrogens (tertiary/aromatic N) is 11. The van der Waals surface area contributed by atoms with E-state index in [9.17, 15) is 14.4 Å². The van der Waals surface area contributed by atoms with Gasteiger partial charge in [-0.1, -0.05) is 19.1 Å². The van der Waals surface area contributed by atoms with Gasteiger partial charge in [0, 0.05) is 106 Å². The topological polar surface area (TPSA) is 155 Å². The maximum Gasteiger partial charge on any atom is 0.329 e. The number of carbonyl (C=O) groups excluding carboxylic acids is 2. The van der Waals surface area contributed by atoms with Crippen molar-refractivity contribution in [1.82, 2.24) is 44.3 Å². The maximum absolute atomic E-state index is 13.5. The molecular formula is C44H49N13O3. The average molecular weight is 808 g/mol. The standard InChI is InChI=1S/C44H49N13O3/c1-4-18-56-42(59)35-26-45-43(49-40(35)57(56)37-15-8-29-7-6-28(5-2)39(29)47-37)46-30-9-11-31(12-10-30)53-23-21-52(22-24-53)27-33-16-19-54(33)32-13-14-34-36(25-32)51(3)50-41(34)55-20-17-38(58)48-44(55)60/h4,8-15,25-26,28,33H,1,5-7,16-24,27H2,2-3H3,(H,45,46,49)(H,48,58,60). The average Bonchev–Trinajstić information content (AvgIpc) is 3.90. The van der Waals surface area contributed by atoms with Crippen LogP contribution in [0.4, 0.5) is 33.6 Å². The highest BCUT2D eigenvalue weighted by atomic mass is 16.2. The van der Waals surface area contributed by atoms with Crippen LogP contribution < -0.4 is 30.9 Å². The third-order valence-electron chi connectivity index (χ3n) is 12.8. The zero-order valence-electron chi connectivity index (χ0n) is 34.0. The van der Waals surface area contributed by atoms with Crippen LogP contribution in [0.15, 0.2) is 78.2 Å². The minimum absolute atomic E-state index is 0.176. The van der Waals surface area contributed by atoms with Gasteiger partial charge in [0.15, 0.2) is 17.3 Å². The largest absolute Gasteiger partial charge is 0.369 e. The van der Waals surface area contributed by atoms with Crippen molar-refractivity contribution in [3.8, 4) is 5.82 Å². The van der Waals surface area contributed by atoms with Crippen molar-refractivity contribution in [2.24, 2.45) is 7.05 Å².